The van der Waals surface area contributed by atoms with E-state index >= 15 is 0 Å². The van der Waals surface area contributed by atoms with E-state index in [0.29, 0.717) is 0 Å². The van der Waals surface area contributed by atoms with E-state index in [4.69, 9.17) is 0 Å². The fraction of sp³-hybridized carbons (Fsp3) is 0. The fourth-order valence-electron chi connectivity index (χ4n) is 0. The van der Waals surface area contributed by atoms with Gasteiger partial charge in [0.1, 0.15) is 0 Å². The molecule has 1 amide bonds. The maximum atomic E-state index is 9.47. The molecule has 2 nitrogen and oxygen atoms in total. The molecule has 0 aromatic rings. The second-order valence-corrected chi connectivity index (χ2v) is 0.606. The van der Waals surface area contributed by atoms with Crippen LogP contribution < -0.4 is 5.73 Å². The molecule has 0 heterocycles. The molecule has 0 saturated heterocycles. The van der Waals surface area contributed by atoms with Crippen LogP contribution in [0.25, 0.3) is 0 Å². The predicted octanol–water partition coefficient (Wildman–Crippen LogP) is -0.723. The topological polar surface area (TPSA) is 43.1 Å². The number of nitrogens with two attached hydrogens (primary N) is 1. The molecule has 0 aromatic carbocycles. The van der Waals surface area contributed by atoms with Crippen LogP contribution in [0.4, 0.5) is 0 Å². The zero-order valence-corrected chi connectivity index (χ0v) is 7.16. The largest absolute Gasteiger partial charge is 0.366 e. The summed E-state index contributed by atoms with van der Waals surface area (Å²) in [5, 5.41) is 0. The van der Waals surface area contributed by atoms with Gasteiger partial charge in [0.2, 0.25) is 5.91 Å². The molecule has 2 N–H and O–H groups in total. The van der Waals surface area contributed by atoms with E-state index in [1.165, 1.54) is 0 Å². The standard InChI is InChI=1S/C3H5NO.Pb/c1-2-3(4)5;/h2H,1H2,(H2,4,5);. The van der Waals surface area contributed by atoms with Gasteiger partial charge >= 0.3 is 0 Å². The van der Waals surface area contributed by atoms with E-state index in [1.54, 1.807) is 0 Å². The van der Waals surface area contributed by atoms with Crippen molar-refractivity contribution in [1.82, 2.24) is 0 Å². The Morgan fingerprint density at radius 3 is 2.00 bits per heavy atom. The third-order valence-corrected chi connectivity index (χ3v) is 0.201. The van der Waals surface area contributed by atoms with Crippen LogP contribution in [0.5, 0.6) is 0 Å². The number of hydrogen-bond donors (Lipinski definition) is 1. The van der Waals surface area contributed by atoms with Gasteiger partial charge in [-0.05, 0) is 6.08 Å². The molecule has 0 spiro atoms. The fourth-order valence-corrected chi connectivity index (χ4v) is 0. The molecule has 3 heteroatoms. The van der Waals surface area contributed by atoms with Gasteiger partial charge in [-0.3, -0.25) is 4.79 Å². The summed E-state index contributed by atoms with van der Waals surface area (Å²) in [6.45, 7) is 3.09. The number of amides is 1. The number of carbonyl (C=O) groups is 1. The first kappa shape index (κ1) is 9.46. The SMILES string of the molecule is C=CC(N)=O.[Pb]. The van der Waals surface area contributed by atoms with Crippen LogP contribution in [-0.4, -0.2) is 33.2 Å². The maximum absolute atomic E-state index is 9.47. The predicted molar refractivity (Wildman–Crippen MR) is 25.1 cm³/mol. The minimum atomic E-state index is -0.481. The van der Waals surface area contributed by atoms with Crippen LogP contribution in [0.3, 0.4) is 0 Å². The third kappa shape index (κ3) is 8.92. The Hall–Kier alpha value is 0.132. The molecule has 0 bridgehead atoms. The van der Waals surface area contributed by atoms with Gasteiger partial charge in [0.25, 0.3) is 0 Å². The summed E-state index contributed by atoms with van der Waals surface area (Å²) in [6.07, 6.45) is 1.06. The molecule has 4 radical (unpaired) electrons. The van der Waals surface area contributed by atoms with Crippen LogP contribution >= 0.6 is 0 Å². The van der Waals surface area contributed by atoms with Crippen LogP contribution in [0.2, 0.25) is 0 Å². The van der Waals surface area contributed by atoms with Crippen molar-refractivity contribution < 1.29 is 4.79 Å². The summed E-state index contributed by atoms with van der Waals surface area (Å²) in [6, 6.07) is 0. The van der Waals surface area contributed by atoms with Crippen molar-refractivity contribution in [1.29, 1.82) is 0 Å². The minimum absolute atomic E-state index is 0. The van der Waals surface area contributed by atoms with Gasteiger partial charge in [-0.2, -0.15) is 0 Å². The monoisotopic (exact) mass is 279 g/mol. The van der Waals surface area contributed by atoms with Crippen molar-refractivity contribution >= 4 is 33.2 Å². The zero-order chi connectivity index (χ0) is 4.28. The summed E-state index contributed by atoms with van der Waals surface area (Å²) in [4.78, 5) is 9.47. The first-order valence-electron chi connectivity index (χ1n) is 1.19. The van der Waals surface area contributed by atoms with E-state index in [1.807, 2.05) is 0 Å². The molecule has 0 aliphatic heterocycles. The second kappa shape index (κ2) is 5.13. The summed E-state index contributed by atoms with van der Waals surface area (Å²) in [5.41, 5.74) is 4.53. The van der Waals surface area contributed by atoms with Gasteiger partial charge in [0, 0.05) is 27.3 Å². The van der Waals surface area contributed by atoms with Gasteiger partial charge in [-0.15, -0.1) is 0 Å². The third-order valence-electron chi connectivity index (χ3n) is 0.201. The molecule has 6 heavy (non-hydrogen) atoms. The summed E-state index contributed by atoms with van der Waals surface area (Å²) in [5.74, 6) is -0.481. The molecule has 0 aliphatic carbocycles. The van der Waals surface area contributed by atoms with E-state index in [2.05, 4.69) is 12.3 Å². The second-order valence-electron chi connectivity index (χ2n) is 0.606. The van der Waals surface area contributed by atoms with Crippen molar-refractivity contribution in [2.45, 2.75) is 0 Å². The van der Waals surface area contributed by atoms with Gasteiger partial charge < -0.3 is 5.73 Å². The molecule has 0 fully saturated rings. The number of rotatable bonds is 1. The Labute approximate surface area is 56.6 Å². The molecule has 0 rings (SSSR count). The summed E-state index contributed by atoms with van der Waals surface area (Å²) in [7, 11) is 0. The summed E-state index contributed by atoms with van der Waals surface area (Å²) >= 11 is 0. The van der Waals surface area contributed by atoms with E-state index < -0.39 is 5.91 Å². The molecule has 0 aromatic heterocycles. The molecule has 0 atom stereocenters. The average molecular weight is 278 g/mol. The van der Waals surface area contributed by atoms with Crippen molar-refractivity contribution in [3.8, 4) is 0 Å². The quantitative estimate of drug-likeness (QED) is 0.499. The van der Waals surface area contributed by atoms with Crippen LogP contribution in [-0.2, 0) is 4.79 Å². The average Bonchev–Trinajstić information content (AvgIpc) is 1.38. The molecule has 0 unspecified atom stereocenters. The molecule has 32 valence electrons. The van der Waals surface area contributed by atoms with E-state index in [0.717, 1.165) is 6.08 Å². The van der Waals surface area contributed by atoms with Gasteiger partial charge in [-0.1, -0.05) is 6.58 Å². The van der Waals surface area contributed by atoms with Gasteiger partial charge in [0.15, 0.2) is 0 Å². The molecular weight excluding hydrogens is 273 g/mol. The van der Waals surface area contributed by atoms with Crippen LogP contribution in [0.15, 0.2) is 12.7 Å². The van der Waals surface area contributed by atoms with Crippen molar-refractivity contribution in [3.05, 3.63) is 12.7 Å². The van der Waals surface area contributed by atoms with E-state index in [9.17, 15) is 4.79 Å². The molecule has 0 aliphatic rings. The van der Waals surface area contributed by atoms with Crippen molar-refractivity contribution in [3.63, 3.8) is 0 Å². The summed E-state index contributed by atoms with van der Waals surface area (Å²) < 4.78 is 0. The maximum Gasteiger partial charge on any atom is 0.240 e. The molecular formula is C3H5NOPb. The number of carbonyl (C=O) groups excluding carboxylic acids is 1. The Morgan fingerprint density at radius 1 is 1.83 bits per heavy atom. The Balaban J connectivity index is 0. The van der Waals surface area contributed by atoms with Gasteiger partial charge in [0.05, 0.1) is 0 Å². The van der Waals surface area contributed by atoms with Crippen LogP contribution in [0, 0.1) is 0 Å². The smallest absolute Gasteiger partial charge is 0.240 e. The Bertz CT molecular complexity index is 61.8. The molecule has 0 saturated carbocycles. The van der Waals surface area contributed by atoms with Gasteiger partial charge in [-0.25, -0.2) is 0 Å². The minimum Gasteiger partial charge on any atom is -0.366 e. The first-order valence-corrected chi connectivity index (χ1v) is 1.19. The number of primary amides is 1. The number of hydrogen-bond acceptors (Lipinski definition) is 1. The Morgan fingerprint density at radius 2 is 2.00 bits per heavy atom. The normalized spacial score (nSPS) is 5.33. The Kier molecular flexibility index (Phi) is 8.09. The zero-order valence-electron chi connectivity index (χ0n) is 3.27. The first-order chi connectivity index (χ1) is 2.27. The van der Waals surface area contributed by atoms with Crippen molar-refractivity contribution in [2.75, 3.05) is 0 Å². The van der Waals surface area contributed by atoms with Crippen LogP contribution in [0.1, 0.15) is 0 Å². The van der Waals surface area contributed by atoms with E-state index in [-0.39, 0.29) is 27.3 Å². The van der Waals surface area contributed by atoms with Crippen molar-refractivity contribution in [2.24, 2.45) is 5.73 Å².